The topological polar surface area (TPSA) is 35.2 Å². The van der Waals surface area contributed by atoms with Crippen molar-refractivity contribution in [2.24, 2.45) is 5.73 Å². The summed E-state index contributed by atoms with van der Waals surface area (Å²) in [5.74, 6) is 4.90. The van der Waals surface area contributed by atoms with Crippen molar-refractivity contribution < 1.29 is 13.5 Å². The van der Waals surface area contributed by atoms with Gasteiger partial charge in [-0.15, -0.1) is 0 Å². The lowest BCUT2D eigenvalue weighted by molar-refractivity contribution is 0.303. The summed E-state index contributed by atoms with van der Waals surface area (Å²) in [5, 5.41) is 0. The molecule has 0 saturated carbocycles. The van der Waals surface area contributed by atoms with Crippen molar-refractivity contribution >= 4 is 0 Å². The lowest BCUT2D eigenvalue weighted by Crippen LogP contribution is -1.99. The van der Waals surface area contributed by atoms with Crippen molar-refractivity contribution in [1.82, 2.24) is 0 Å². The van der Waals surface area contributed by atoms with Gasteiger partial charge in [-0.25, -0.2) is 8.78 Å². The number of aryl methyl sites for hydroxylation is 1. The fourth-order valence-electron chi connectivity index (χ4n) is 1.82. The second-order valence-electron chi connectivity index (χ2n) is 4.51. The summed E-state index contributed by atoms with van der Waals surface area (Å²) in [6.45, 7) is 2.23. The van der Waals surface area contributed by atoms with Crippen LogP contribution in [0.4, 0.5) is 8.78 Å². The summed E-state index contributed by atoms with van der Waals surface area (Å²) in [7, 11) is 0. The van der Waals surface area contributed by atoms with E-state index >= 15 is 0 Å². The number of hydrogen-bond donors (Lipinski definition) is 1. The van der Waals surface area contributed by atoms with E-state index in [0.29, 0.717) is 5.75 Å². The number of ether oxygens (including phenoxy) is 1. The normalized spacial score (nSPS) is 9.90. The Hall–Kier alpha value is -2.38. The van der Waals surface area contributed by atoms with Gasteiger partial charge in [0.05, 0.1) is 12.1 Å². The molecule has 2 rings (SSSR count). The Morgan fingerprint density at radius 3 is 2.62 bits per heavy atom. The summed E-state index contributed by atoms with van der Waals surface area (Å²) in [5.41, 5.74) is 7.17. The molecule has 108 valence electrons. The third-order valence-electron chi connectivity index (χ3n) is 2.96. The zero-order valence-corrected chi connectivity index (χ0v) is 11.6. The highest BCUT2D eigenvalue weighted by Gasteiger charge is 2.04. The molecule has 21 heavy (non-hydrogen) atoms. The fraction of sp³-hybridized carbons (Fsp3) is 0.176. The number of benzene rings is 2. The van der Waals surface area contributed by atoms with Crippen molar-refractivity contribution in [3.05, 3.63) is 64.7 Å². The lowest BCUT2D eigenvalue weighted by atomic mass is 10.1. The van der Waals surface area contributed by atoms with Crippen molar-refractivity contribution in [1.29, 1.82) is 0 Å². The second-order valence-corrected chi connectivity index (χ2v) is 4.51. The molecule has 0 heterocycles. The van der Waals surface area contributed by atoms with Crippen LogP contribution < -0.4 is 10.5 Å². The number of halogens is 2. The fourth-order valence-corrected chi connectivity index (χ4v) is 1.82. The molecule has 0 saturated heterocycles. The van der Waals surface area contributed by atoms with Gasteiger partial charge in [-0.1, -0.05) is 17.9 Å². The summed E-state index contributed by atoms with van der Waals surface area (Å²) in [6.07, 6.45) is 0. The van der Waals surface area contributed by atoms with Gasteiger partial charge in [0, 0.05) is 6.07 Å². The third-order valence-corrected chi connectivity index (χ3v) is 2.96. The van der Waals surface area contributed by atoms with Gasteiger partial charge in [-0.05, 0) is 42.3 Å². The van der Waals surface area contributed by atoms with E-state index in [2.05, 4.69) is 11.8 Å². The van der Waals surface area contributed by atoms with E-state index < -0.39 is 5.82 Å². The molecule has 0 amide bonds. The molecule has 2 aromatic carbocycles. The van der Waals surface area contributed by atoms with Gasteiger partial charge in [0.2, 0.25) is 0 Å². The minimum Gasteiger partial charge on any atom is -0.489 e. The predicted molar refractivity (Wildman–Crippen MR) is 77.8 cm³/mol. The average Bonchev–Trinajstić information content (AvgIpc) is 2.45. The Kier molecular flexibility index (Phi) is 4.91. The molecule has 2 N–H and O–H groups in total. The molecular weight excluding hydrogens is 272 g/mol. The molecule has 0 fully saturated rings. The van der Waals surface area contributed by atoms with Crippen LogP contribution in [0.2, 0.25) is 0 Å². The van der Waals surface area contributed by atoms with E-state index in [0.717, 1.165) is 11.1 Å². The standard InChI is InChI=1S/C17H15F2NO/c1-12-9-15(18)6-4-14(12)11-21-16-7-5-13(3-2-8-20)17(19)10-16/h4-7,9-10H,8,11,20H2,1H3. The molecule has 0 aromatic heterocycles. The lowest BCUT2D eigenvalue weighted by Gasteiger charge is -2.09. The van der Waals surface area contributed by atoms with E-state index in [9.17, 15) is 8.78 Å². The van der Waals surface area contributed by atoms with E-state index in [-0.39, 0.29) is 24.5 Å². The largest absolute Gasteiger partial charge is 0.489 e. The molecular formula is C17H15F2NO. The van der Waals surface area contributed by atoms with Gasteiger partial charge in [0.15, 0.2) is 0 Å². The van der Waals surface area contributed by atoms with E-state index in [1.165, 1.54) is 18.2 Å². The Balaban J connectivity index is 2.08. The molecule has 0 unspecified atom stereocenters. The Labute approximate surface area is 122 Å². The summed E-state index contributed by atoms with van der Waals surface area (Å²) in [4.78, 5) is 0. The summed E-state index contributed by atoms with van der Waals surface area (Å²) in [6, 6.07) is 8.93. The summed E-state index contributed by atoms with van der Waals surface area (Å²) < 4.78 is 32.3. The van der Waals surface area contributed by atoms with Crippen LogP contribution in [0.1, 0.15) is 16.7 Å². The molecule has 2 nitrogen and oxygen atoms in total. The molecule has 0 atom stereocenters. The van der Waals surface area contributed by atoms with Crippen LogP contribution in [0.15, 0.2) is 36.4 Å². The van der Waals surface area contributed by atoms with Gasteiger partial charge < -0.3 is 10.5 Å². The quantitative estimate of drug-likeness (QED) is 0.880. The summed E-state index contributed by atoms with van der Waals surface area (Å²) >= 11 is 0. The second kappa shape index (κ2) is 6.87. The third kappa shape index (κ3) is 4.04. The maximum absolute atomic E-state index is 13.8. The zero-order chi connectivity index (χ0) is 15.2. The minimum absolute atomic E-state index is 0.182. The van der Waals surface area contributed by atoms with E-state index in [1.54, 1.807) is 25.1 Å². The maximum Gasteiger partial charge on any atom is 0.142 e. The minimum atomic E-state index is -0.454. The molecule has 0 radical (unpaired) electrons. The van der Waals surface area contributed by atoms with Gasteiger partial charge in [-0.2, -0.15) is 0 Å². The Morgan fingerprint density at radius 1 is 1.14 bits per heavy atom. The maximum atomic E-state index is 13.8. The predicted octanol–water partition coefficient (Wildman–Crippen LogP) is 3.16. The Bertz CT molecular complexity index is 702. The molecule has 0 bridgehead atoms. The average molecular weight is 287 g/mol. The zero-order valence-electron chi connectivity index (χ0n) is 11.6. The first-order chi connectivity index (χ1) is 10.1. The van der Waals surface area contributed by atoms with Crippen molar-refractivity contribution in [3.63, 3.8) is 0 Å². The molecule has 0 aliphatic carbocycles. The van der Waals surface area contributed by atoms with Gasteiger partial charge in [-0.3, -0.25) is 0 Å². The van der Waals surface area contributed by atoms with Crippen LogP contribution in [0.5, 0.6) is 5.75 Å². The number of hydrogen-bond acceptors (Lipinski definition) is 2. The Morgan fingerprint density at radius 2 is 1.95 bits per heavy atom. The van der Waals surface area contributed by atoms with Crippen molar-refractivity contribution in [2.45, 2.75) is 13.5 Å². The van der Waals surface area contributed by atoms with Crippen molar-refractivity contribution in [3.8, 4) is 17.6 Å². The molecule has 0 spiro atoms. The first-order valence-electron chi connectivity index (χ1n) is 6.46. The van der Waals surface area contributed by atoms with Crippen LogP contribution in [-0.4, -0.2) is 6.54 Å². The van der Waals surface area contributed by atoms with Crippen LogP contribution >= 0.6 is 0 Å². The van der Waals surface area contributed by atoms with E-state index in [4.69, 9.17) is 10.5 Å². The first-order valence-corrected chi connectivity index (χ1v) is 6.46. The van der Waals surface area contributed by atoms with Gasteiger partial charge >= 0.3 is 0 Å². The smallest absolute Gasteiger partial charge is 0.142 e. The highest BCUT2D eigenvalue weighted by Crippen LogP contribution is 2.18. The van der Waals surface area contributed by atoms with Crippen LogP contribution in [0.25, 0.3) is 0 Å². The first kappa shape index (κ1) is 15.0. The van der Waals surface area contributed by atoms with Gasteiger partial charge in [0.25, 0.3) is 0 Å². The molecule has 0 aliphatic rings. The van der Waals surface area contributed by atoms with Crippen LogP contribution in [0.3, 0.4) is 0 Å². The van der Waals surface area contributed by atoms with Crippen LogP contribution in [0, 0.1) is 30.4 Å². The van der Waals surface area contributed by atoms with Crippen molar-refractivity contribution in [2.75, 3.05) is 6.54 Å². The number of nitrogens with two attached hydrogens (primary N) is 1. The highest BCUT2D eigenvalue weighted by molar-refractivity contribution is 5.40. The van der Waals surface area contributed by atoms with Crippen LogP contribution in [-0.2, 0) is 6.61 Å². The van der Waals surface area contributed by atoms with Gasteiger partial charge in [0.1, 0.15) is 24.0 Å². The number of rotatable bonds is 3. The molecule has 2 aromatic rings. The highest BCUT2D eigenvalue weighted by atomic mass is 19.1. The monoisotopic (exact) mass is 287 g/mol. The molecule has 4 heteroatoms. The SMILES string of the molecule is Cc1cc(F)ccc1COc1ccc(C#CCN)c(F)c1. The van der Waals surface area contributed by atoms with E-state index in [1.807, 2.05) is 0 Å². The molecule has 0 aliphatic heterocycles.